The van der Waals surface area contributed by atoms with Gasteiger partial charge in [-0.05, 0) is 42.0 Å². The Labute approximate surface area is 186 Å². The van der Waals surface area contributed by atoms with Crippen LogP contribution >= 0.6 is 11.8 Å². The maximum atomic E-state index is 9.02. The van der Waals surface area contributed by atoms with E-state index in [2.05, 4.69) is 21.3 Å². The van der Waals surface area contributed by atoms with Gasteiger partial charge in [0.05, 0.1) is 29.8 Å². The Bertz CT molecular complexity index is 1060. The van der Waals surface area contributed by atoms with Gasteiger partial charge in [0, 0.05) is 31.1 Å². The predicted octanol–water partition coefficient (Wildman–Crippen LogP) is 3.50. The molecule has 1 saturated heterocycles. The molecule has 1 aliphatic heterocycles. The Morgan fingerprint density at radius 1 is 1.16 bits per heavy atom. The molecule has 7 nitrogen and oxygen atoms in total. The summed E-state index contributed by atoms with van der Waals surface area (Å²) in [7, 11) is 1.65. The lowest BCUT2D eigenvalue weighted by Crippen LogP contribution is -2.44. The van der Waals surface area contributed by atoms with Crippen molar-refractivity contribution in [3.63, 3.8) is 0 Å². The van der Waals surface area contributed by atoms with Gasteiger partial charge >= 0.3 is 0 Å². The number of hydrogen-bond acceptors (Lipinski definition) is 8. The molecule has 4 rings (SSSR count). The Morgan fingerprint density at radius 3 is 2.71 bits per heavy atom. The smallest absolute Gasteiger partial charge is 0.232 e. The van der Waals surface area contributed by atoms with Gasteiger partial charge in [-0.3, -0.25) is 0 Å². The number of nitriles is 1. The van der Waals surface area contributed by atoms with Gasteiger partial charge in [-0.2, -0.15) is 10.2 Å². The Balaban J connectivity index is 1.58. The zero-order valence-corrected chi connectivity index (χ0v) is 18.1. The third kappa shape index (κ3) is 5.45. The monoisotopic (exact) mass is 433 g/mol. The molecule has 31 heavy (non-hydrogen) atoms. The number of methoxy groups -OCH3 is 1. The quantitative estimate of drug-likeness (QED) is 0.606. The number of rotatable bonds is 7. The lowest BCUT2D eigenvalue weighted by atomic mass is 10.2. The molecule has 1 N–H and O–H groups in total. The van der Waals surface area contributed by atoms with Crippen LogP contribution in [0.15, 0.2) is 64.5 Å². The standard InChI is InChI=1S/C23H23N5O2S/c1-29-19-4-2-3-18(13-19)16-30-22-21(31-20-7-5-17(14-24)6-8-20)15-26-23(27-22)28-11-9-25-10-12-28/h2-8,13,15,25H,9-12,16H2,1H3. The number of ether oxygens (including phenoxy) is 2. The summed E-state index contributed by atoms with van der Waals surface area (Å²) in [6.45, 7) is 3.90. The summed E-state index contributed by atoms with van der Waals surface area (Å²) in [5.41, 5.74) is 1.63. The number of anilines is 1. The molecule has 8 heteroatoms. The van der Waals surface area contributed by atoms with Crippen molar-refractivity contribution in [2.75, 3.05) is 38.2 Å². The first-order valence-corrected chi connectivity index (χ1v) is 10.8. The van der Waals surface area contributed by atoms with E-state index < -0.39 is 0 Å². The highest BCUT2D eigenvalue weighted by molar-refractivity contribution is 7.99. The lowest BCUT2D eigenvalue weighted by Gasteiger charge is -2.27. The Morgan fingerprint density at radius 2 is 1.97 bits per heavy atom. The van der Waals surface area contributed by atoms with Crippen molar-refractivity contribution in [1.29, 1.82) is 5.26 Å². The molecule has 3 aromatic rings. The van der Waals surface area contributed by atoms with Gasteiger partial charge in [0.1, 0.15) is 12.4 Å². The van der Waals surface area contributed by atoms with E-state index in [9.17, 15) is 0 Å². The second-order valence-corrected chi connectivity index (χ2v) is 8.07. The second kappa shape index (κ2) is 10.2. The fourth-order valence-electron chi connectivity index (χ4n) is 3.18. The van der Waals surface area contributed by atoms with Crippen LogP contribution in [-0.4, -0.2) is 43.3 Å². The van der Waals surface area contributed by atoms with Crippen LogP contribution in [0.5, 0.6) is 11.6 Å². The number of benzene rings is 2. The van der Waals surface area contributed by atoms with E-state index >= 15 is 0 Å². The number of nitrogens with zero attached hydrogens (tertiary/aromatic N) is 4. The van der Waals surface area contributed by atoms with Gasteiger partial charge in [-0.15, -0.1) is 0 Å². The van der Waals surface area contributed by atoms with Crippen LogP contribution in [0.1, 0.15) is 11.1 Å². The second-order valence-electron chi connectivity index (χ2n) is 6.95. The molecule has 0 amide bonds. The summed E-state index contributed by atoms with van der Waals surface area (Å²) in [4.78, 5) is 13.3. The van der Waals surface area contributed by atoms with E-state index in [1.807, 2.05) is 42.6 Å². The molecule has 0 aliphatic carbocycles. The van der Waals surface area contributed by atoms with E-state index in [0.29, 0.717) is 24.0 Å². The zero-order valence-electron chi connectivity index (χ0n) is 17.2. The molecule has 0 bridgehead atoms. The molecule has 1 fully saturated rings. The summed E-state index contributed by atoms with van der Waals surface area (Å²) in [5.74, 6) is 2.00. The molecule has 1 aliphatic rings. The minimum atomic E-state index is 0.371. The van der Waals surface area contributed by atoms with Crippen molar-refractivity contribution in [3.8, 4) is 17.7 Å². The third-order valence-corrected chi connectivity index (χ3v) is 5.84. The fraction of sp³-hybridized carbons (Fsp3) is 0.261. The SMILES string of the molecule is COc1cccc(COc2nc(N3CCNCC3)ncc2Sc2ccc(C#N)cc2)c1. The number of nitrogens with one attached hydrogen (secondary N) is 1. The molecule has 0 unspecified atom stereocenters. The van der Waals surface area contributed by atoms with Gasteiger partial charge in [0.2, 0.25) is 11.8 Å². The van der Waals surface area contributed by atoms with Crippen molar-refractivity contribution in [3.05, 3.63) is 65.9 Å². The largest absolute Gasteiger partial charge is 0.497 e. The minimum absolute atomic E-state index is 0.371. The van der Waals surface area contributed by atoms with Crippen LogP contribution in [0.3, 0.4) is 0 Å². The summed E-state index contributed by atoms with van der Waals surface area (Å²) < 4.78 is 11.5. The van der Waals surface area contributed by atoms with Crippen molar-refractivity contribution >= 4 is 17.7 Å². The van der Waals surface area contributed by atoms with E-state index in [1.54, 1.807) is 19.2 Å². The molecular weight excluding hydrogens is 410 g/mol. The van der Waals surface area contributed by atoms with Crippen LogP contribution < -0.4 is 19.7 Å². The molecule has 2 heterocycles. The lowest BCUT2D eigenvalue weighted by molar-refractivity contribution is 0.284. The average molecular weight is 434 g/mol. The average Bonchev–Trinajstić information content (AvgIpc) is 2.84. The first-order valence-electron chi connectivity index (χ1n) is 10.0. The van der Waals surface area contributed by atoms with Gasteiger partial charge in [-0.1, -0.05) is 23.9 Å². The summed E-state index contributed by atoms with van der Waals surface area (Å²) in [6.07, 6.45) is 1.81. The van der Waals surface area contributed by atoms with Gasteiger partial charge in [0.15, 0.2) is 0 Å². The van der Waals surface area contributed by atoms with Gasteiger partial charge in [-0.25, -0.2) is 4.98 Å². The topological polar surface area (TPSA) is 83.3 Å². The molecule has 1 aromatic heterocycles. The van der Waals surface area contributed by atoms with Crippen LogP contribution in [-0.2, 0) is 6.61 Å². The van der Waals surface area contributed by atoms with E-state index in [0.717, 1.165) is 47.3 Å². The van der Waals surface area contributed by atoms with E-state index in [-0.39, 0.29) is 0 Å². The highest BCUT2D eigenvalue weighted by atomic mass is 32.2. The predicted molar refractivity (Wildman–Crippen MR) is 120 cm³/mol. The molecular formula is C23H23N5O2S. The minimum Gasteiger partial charge on any atom is -0.497 e. The highest BCUT2D eigenvalue weighted by Crippen LogP contribution is 2.35. The van der Waals surface area contributed by atoms with Gasteiger partial charge < -0.3 is 19.7 Å². The first kappa shape index (κ1) is 21.0. The van der Waals surface area contributed by atoms with E-state index in [4.69, 9.17) is 19.7 Å². The molecule has 0 radical (unpaired) electrons. The number of hydrogen-bond donors (Lipinski definition) is 1. The van der Waals surface area contributed by atoms with Crippen molar-refractivity contribution in [2.45, 2.75) is 16.4 Å². The Hall–Kier alpha value is -3.28. The number of piperazine rings is 1. The highest BCUT2D eigenvalue weighted by Gasteiger charge is 2.17. The van der Waals surface area contributed by atoms with Crippen molar-refractivity contribution in [1.82, 2.24) is 15.3 Å². The molecule has 2 aromatic carbocycles. The summed E-state index contributed by atoms with van der Waals surface area (Å²) >= 11 is 1.52. The fourth-order valence-corrected chi connectivity index (χ4v) is 4.00. The summed E-state index contributed by atoms with van der Waals surface area (Å²) in [6, 6.07) is 17.4. The maximum Gasteiger partial charge on any atom is 0.232 e. The van der Waals surface area contributed by atoms with Gasteiger partial charge in [0.25, 0.3) is 0 Å². The van der Waals surface area contributed by atoms with E-state index in [1.165, 1.54) is 11.8 Å². The van der Waals surface area contributed by atoms with Crippen molar-refractivity contribution in [2.24, 2.45) is 0 Å². The normalized spacial score (nSPS) is 13.5. The molecule has 0 saturated carbocycles. The van der Waals surface area contributed by atoms with Crippen LogP contribution in [0.2, 0.25) is 0 Å². The molecule has 0 atom stereocenters. The maximum absolute atomic E-state index is 9.02. The van der Waals surface area contributed by atoms with Crippen molar-refractivity contribution < 1.29 is 9.47 Å². The number of aromatic nitrogens is 2. The third-order valence-electron chi connectivity index (χ3n) is 4.83. The molecule has 158 valence electrons. The van der Waals surface area contributed by atoms with Crippen LogP contribution in [0, 0.1) is 11.3 Å². The summed E-state index contributed by atoms with van der Waals surface area (Å²) in [5, 5.41) is 12.4. The van der Waals surface area contributed by atoms with Crippen LogP contribution in [0.4, 0.5) is 5.95 Å². The van der Waals surface area contributed by atoms with Crippen LogP contribution in [0.25, 0.3) is 0 Å². The Kier molecular flexibility index (Phi) is 6.87. The molecule has 0 spiro atoms. The first-order chi connectivity index (χ1) is 15.2. The zero-order chi connectivity index (χ0) is 21.5.